The molecule has 0 aromatic heterocycles. The van der Waals surface area contributed by atoms with Gasteiger partial charge in [0.05, 0.1) is 36.8 Å². The van der Waals surface area contributed by atoms with Crippen LogP contribution in [0.5, 0.6) is 0 Å². The van der Waals surface area contributed by atoms with Crippen LogP contribution in [0.3, 0.4) is 0 Å². The normalized spacial score (nSPS) is 17.6. The first-order valence-electron chi connectivity index (χ1n) is 9.88. The van der Waals surface area contributed by atoms with E-state index in [-0.39, 0.29) is 34.5 Å². The molecular formula is C21H19ClFN5O4S. The molecule has 0 saturated carbocycles. The molecule has 0 unspecified atom stereocenters. The van der Waals surface area contributed by atoms with Crippen molar-refractivity contribution in [2.45, 2.75) is 0 Å². The number of piperazine rings is 1. The SMILES string of the molecule is O=C1NC(=S)N(c2ccccc2F)C(=O)/C1=C\c1cc([N+](=O)[O-])ccc1N1CC[NH2+]CC1.[Cl-]. The molecule has 0 bridgehead atoms. The van der Waals surface area contributed by atoms with Gasteiger partial charge < -0.3 is 22.6 Å². The summed E-state index contributed by atoms with van der Waals surface area (Å²) in [4.78, 5) is 39.6. The Hall–Kier alpha value is -3.41. The van der Waals surface area contributed by atoms with E-state index in [1.165, 1.54) is 36.4 Å². The summed E-state index contributed by atoms with van der Waals surface area (Å²) in [6, 6.07) is 9.88. The smallest absolute Gasteiger partial charge is 0.270 e. The Morgan fingerprint density at radius 2 is 1.82 bits per heavy atom. The number of hydrogen-bond donors (Lipinski definition) is 2. The van der Waals surface area contributed by atoms with Crippen LogP contribution in [0.2, 0.25) is 0 Å². The lowest BCUT2D eigenvalue weighted by Crippen LogP contribution is -3.00. The molecule has 2 saturated heterocycles. The summed E-state index contributed by atoms with van der Waals surface area (Å²) in [5, 5.41) is 15.7. The van der Waals surface area contributed by atoms with E-state index in [1.807, 2.05) is 4.90 Å². The van der Waals surface area contributed by atoms with Crippen LogP contribution in [0.4, 0.5) is 21.5 Å². The second-order valence-electron chi connectivity index (χ2n) is 7.26. The number of nitro groups is 1. The number of amides is 2. The van der Waals surface area contributed by atoms with Crippen LogP contribution >= 0.6 is 12.2 Å². The maximum Gasteiger partial charge on any atom is 0.270 e. The van der Waals surface area contributed by atoms with Crippen LogP contribution in [0.1, 0.15) is 5.56 Å². The molecule has 3 N–H and O–H groups in total. The molecule has 4 rings (SSSR count). The summed E-state index contributed by atoms with van der Waals surface area (Å²) < 4.78 is 14.4. The zero-order chi connectivity index (χ0) is 22.8. The number of nitrogens with one attached hydrogen (secondary N) is 1. The molecule has 2 amide bonds. The Bertz CT molecular complexity index is 1170. The fourth-order valence-corrected chi connectivity index (χ4v) is 3.99. The third-order valence-electron chi connectivity index (χ3n) is 5.26. The van der Waals surface area contributed by atoms with Crippen LogP contribution in [0.15, 0.2) is 48.0 Å². The maximum atomic E-state index is 14.4. The second kappa shape index (κ2) is 10.0. The molecule has 2 aromatic rings. The van der Waals surface area contributed by atoms with E-state index >= 15 is 0 Å². The molecule has 172 valence electrons. The van der Waals surface area contributed by atoms with E-state index in [9.17, 15) is 24.1 Å². The first-order valence-corrected chi connectivity index (χ1v) is 10.3. The summed E-state index contributed by atoms with van der Waals surface area (Å²) in [5.41, 5.74) is 0.448. The van der Waals surface area contributed by atoms with Gasteiger partial charge in [-0.15, -0.1) is 0 Å². The van der Waals surface area contributed by atoms with Gasteiger partial charge in [-0.1, -0.05) is 12.1 Å². The van der Waals surface area contributed by atoms with Crippen molar-refractivity contribution in [3.8, 4) is 0 Å². The fraction of sp³-hybridized carbons (Fsp3) is 0.190. The van der Waals surface area contributed by atoms with Crippen molar-refractivity contribution in [1.29, 1.82) is 0 Å². The van der Waals surface area contributed by atoms with Crippen LogP contribution < -0.4 is 32.8 Å². The number of anilines is 2. The fourth-order valence-electron chi connectivity index (χ4n) is 3.72. The molecule has 0 radical (unpaired) electrons. The number of hydrogen-bond acceptors (Lipinski definition) is 6. The third-order valence-corrected chi connectivity index (χ3v) is 5.55. The highest BCUT2D eigenvalue weighted by molar-refractivity contribution is 7.80. The van der Waals surface area contributed by atoms with Gasteiger partial charge in [-0.05, 0) is 36.5 Å². The number of thiocarbonyl (C=S) groups is 1. The molecule has 0 atom stereocenters. The van der Waals surface area contributed by atoms with Gasteiger partial charge in [0, 0.05) is 23.4 Å². The van der Waals surface area contributed by atoms with Crippen molar-refractivity contribution in [2.24, 2.45) is 0 Å². The number of benzene rings is 2. The molecule has 2 aliphatic heterocycles. The van der Waals surface area contributed by atoms with E-state index in [0.29, 0.717) is 24.3 Å². The van der Waals surface area contributed by atoms with Gasteiger partial charge in [-0.2, -0.15) is 0 Å². The van der Waals surface area contributed by atoms with E-state index in [4.69, 9.17) is 12.2 Å². The Morgan fingerprint density at radius 1 is 1.12 bits per heavy atom. The van der Waals surface area contributed by atoms with Crippen molar-refractivity contribution < 1.29 is 36.6 Å². The zero-order valence-electron chi connectivity index (χ0n) is 17.2. The Balaban J connectivity index is 0.00000306. The minimum absolute atomic E-state index is 0. The molecule has 9 nitrogen and oxygen atoms in total. The highest BCUT2D eigenvalue weighted by Crippen LogP contribution is 2.30. The van der Waals surface area contributed by atoms with Gasteiger partial charge in [0.1, 0.15) is 11.4 Å². The van der Waals surface area contributed by atoms with Gasteiger partial charge in [0.25, 0.3) is 17.5 Å². The minimum Gasteiger partial charge on any atom is -1.00 e. The van der Waals surface area contributed by atoms with Gasteiger partial charge >= 0.3 is 0 Å². The van der Waals surface area contributed by atoms with E-state index < -0.39 is 22.6 Å². The van der Waals surface area contributed by atoms with Crippen molar-refractivity contribution in [3.05, 3.63) is 69.5 Å². The standard InChI is InChI=1S/C21H18FN5O4S.ClH/c22-16-3-1-2-4-18(16)26-20(29)15(19(28)24-21(26)32)12-13-11-14(27(30)31)5-6-17(13)25-9-7-23-8-10-25;/h1-6,11-12,23H,7-10H2,(H,24,28,32);1H/b15-12-;. The van der Waals surface area contributed by atoms with Gasteiger partial charge in [-0.25, -0.2) is 9.29 Å². The molecule has 0 spiro atoms. The summed E-state index contributed by atoms with van der Waals surface area (Å²) >= 11 is 5.10. The van der Waals surface area contributed by atoms with E-state index in [0.717, 1.165) is 18.0 Å². The molecule has 0 aliphatic carbocycles. The topological polar surface area (TPSA) is 112 Å². The molecule has 2 heterocycles. The molecule has 2 fully saturated rings. The summed E-state index contributed by atoms with van der Waals surface area (Å²) in [6.07, 6.45) is 1.30. The quantitative estimate of drug-likeness (QED) is 0.167. The summed E-state index contributed by atoms with van der Waals surface area (Å²) in [5.74, 6) is -2.25. The Kier molecular flexibility index (Phi) is 7.36. The highest BCUT2D eigenvalue weighted by atomic mass is 35.5. The van der Waals surface area contributed by atoms with E-state index in [1.54, 1.807) is 12.1 Å². The van der Waals surface area contributed by atoms with Crippen molar-refractivity contribution in [3.63, 3.8) is 0 Å². The monoisotopic (exact) mass is 491 g/mol. The lowest BCUT2D eigenvalue weighted by atomic mass is 10.0. The first-order chi connectivity index (χ1) is 15.4. The number of non-ortho nitro benzene ring substituents is 1. The van der Waals surface area contributed by atoms with Gasteiger partial charge in [0.2, 0.25) is 0 Å². The highest BCUT2D eigenvalue weighted by Gasteiger charge is 2.36. The van der Waals surface area contributed by atoms with Crippen molar-refractivity contribution >= 4 is 52.3 Å². The van der Waals surface area contributed by atoms with Crippen molar-refractivity contribution in [1.82, 2.24) is 5.32 Å². The maximum absolute atomic E-state index is 14.4. The number of carbonyl (C=O) groups is 2. The summed E-state index contributed by atoms with van der Waals surface area (Å²) in [7, 11) is 0. The number of carbonyl (C=O) groups excluding carboxylic acids is 2. The number of halogens is 2. The lowest BCUT2D eigenvalue weighted by molar-refractivity contribution is -0.655. The Labute approximate surface area is 199 Å². The average Bonchev–Trinajstić information content (AvgIpc) is 2.78. The van der Waals surface area contributed by atoms with Crippen LogP contribution in [-0.4, -0.2) is 48.0 Å². The van der Waals surface area contributed by atoms with Crippen LogP contribution in [0, 0.1) is 15.9 Å². The van der Waals surface area contributed by atoms with Gasteiger partial charge in [0.15, 0.2) is 5.11 Å². The van der Waals surface area contributed by atoms with Crippen LogP contribution in [-0.2, 0) is 9.59 Å². The Morgan fingerprint density at radius 3 is 2.48 bits per heavy atom. The van der Waals surface area contributed by atoms with Gasteiger partial charge in [-0.3, -0.25) is 25.0 Å². The third kappa shape index (κ3) is 4.85. The lowest BCUT2D eigenvalue weighted by Gasteiger charge is -2.30. The minimum atomic E-state index is -0.812. The molecule has 33 heavy (non-hydrogen) atoms. The summed E-state index contributed by atoms with van der Waals surface area (Å²) in [6.45, 7) is 3.11. The first kappa shape index (κ1) is 24.2. The van der Waals surface area contributed by atoms with Crippen molar-refractivity contribution in [2.75, 3.05) is 36.0 Å². The average molecular weight is 492 g/mol. The number of para-hydroxylation sites is 1. The zero-order valence-corrected chi connectivity index (χ0v) is 18.7. The predicted molar refractivity (Wildman–Crippen MR) is 120 cm³/mol. The number of rotatable bonds is 4. The molecular weight excluding hydrogens is 473 g/mol. The van der Waals surface area contributed by atoms with E-state index in [2.05, 4.69) is 10.6 Å². The number of nitrogens with two attached hydrogens (primary N) is 1. The van der Waals surface area contributed by atoms with Crippen LogP contribution in [0.25, 0.3) is 6.08 Å². The number of nitrogens with zero attached hydrogens (tertiary/aromatic N) is 3. The molecule has 12 heteroatoms. The second-order valence-corrected chi connectivity index (χ2v) is 7.65. The number of nitro benzene ring substituents is 1. The number of quaternary nitrogens is 1. The molecule has 2 aromatic carbocycles. The predicted octanol–water partition coefficient (Wildman–Crippen LogP) is -2.05. The largest absolute Gasteiger partial charge is 1.00 e. The molecule has 2 aliphatic rings.